The quantitative estimate of drug-likeness (QED) is 0.448. The molecule has 6 heteroatoms. The highest BCUT2D eigenvalue weighted by molar-refractivity contribution is 6.07. The summed E-state index contributed by atoms with van der Waals surface area (Å²) in [6.07, 6.45) is 0.898. The first-order valence-corrected chi connectivity index (χ1v) is 12.7. The molecule has 0 radical (unpaired) electrons. The van der Waals surface area contributed by atoms with Gasteiger partial charge in [0, 0.05) is 67.7 Å². The number of aryl methyl sites for hydroxylation is 1. The summed E-state index contributed by atoms with van der Waals surface area (Å²) in [5.41, 5.74) is 6.25. The van der Waals surface area contributed by atoms with Crippen LogP contribution in [0.4, 0.5) is 5.82 Å². The van der Waals surface area contributed by atoms with Crippen molar-refractivity contribution in [2.45, 2.75) is 26.8 Å². The Morgan fingerprint density at radius 1 is 0.886 bits per heavy atom. The predicted molar refractivity (Wildman–Crippen MR) is 141 cm³/mol. The molecule has 6 rings (SSSR count). The van der Waals surface area contributed by atoms with E-state index >= 15 is 0 Å². The minimum Gasteiger partial charge on any atom is -0.353 e. The summed E-state index contributed by atoms with van der Waals surface area (Å²) in [5.74, 6) is 1.14. The van der Waals surface area contributed by atoms with Crippen LogP contribution in [0.5, 0.6) is 0 Å². The molecule has 2 aliphatic rings. The average Bonchev–Trinajstić information content (AvgIpc) is 2.91. The number of benzene rings is 2. The number of rotatable bonds is 3. The maximum atomic E-state index is 14.0. The summed E-state index contributed by atoms with van der Waals surface area (Å²) >= 11 is 0. The first-order chi connectivity index (χ1) is 17.1. The van der Waals surface area contributed by atoms with E-state index in [1.807, 2.05) is 29.2 Å². The first-order valence-electron chi connectivity index (χ1n) is 12.7. The van der Waals surface area contributed by atoms with Gasteiger partial charge in [0.05, 0.1) is 16.6 Å². The number of anilines is 1. The molecule has 0 bridgehead atoms. The molecule has 1 fully saturated rings. The molecule has 1 saturated heterocycles. The molecule has 2 aliphatic heterocycles. The van der Waals surface area contributed by atoms with Crippen molar-refractivity contribution in [1.82, 2.24) is 19.8 Å². The standard InChI is InChI=1S/C29H31N5O/c1-3-32-13-12-26-23(19-32)28(22-9-5-7-11-25(22)30-26)29(35)34-16-14-33(15-17-34)27-18-20(2)21-8-4-6-10-24(21)31-27/h4-11,18H,3,12-17,19H2,1-2H3. The van der Waals surface area contributed by atoms with Gasteiger partial charge in [0.2, 0.25) is 0 Å². The van der Waals surface area contributed by atoms with Crippen LogP contribution in [-0.4, -0.2) is 64.9 Å². The van der Waals surface area contributed by atoms with E-state index in [4.69, 9.17) is 9.97 Å². The Hall–Kier alpha value is -3.51. The molecule has 35 heavy (non-hydrogen) atoms. The van der Waals surface area contributed by atoms with Crippen molar-refractivity contribution in [3.8, 4) is 0 Å². The molecule has 0 spiro atoms. The Labute approximate surface area is 206 Å². The number of pyridine rings is 2. The number of piperazine rings is 1. The molecule has 0 aliphatic carbocycles. The van der Waals surface area contributed by atoms with Crippen molar-refractivity contribution in [2.75, 3.05) is 44.2 Å². The number of carbonyl (C=O) groups excluding carboxylic acids is 1. The Morgan fingerprint density at radius 2 is 1.57 bits per heavy atom. The molecular formula is C29H31N5O. The van der Waals surface area contributed by atoms with Gasteiger partial charge in [-0.3, -0.25) is 14.7 Å². The lowest BCUT2D eigenvalue weighted by atomic mass is 9.94. The SMILES string of the molecule is CCN1CCc2nc3ccccc3c(C(=O)N3CCN(c4cc(C)c5ccccc5n4)CC3)c2C1. The van der Waals surface area contributed by atoms with E-state index in [2.05, 4.69) is 54.0 Å². The van der Waals surface area contributed by atoms with Crippen LogP contribution in [0.1, 0.15) is 34.1 Å². The summed E-state index contributed by atoms with van der Waals surface area (Å²) in [6.45, 7) is 10.0. The van der Waals surface area contributed by atoms with E-state index in [1.165, 1.54) is 10.9 Å². The van der Waals surface area contributed by atoms with Crippen LogP contribution < -0.4 is 4.90 Å². The van der Waals surface area contributed by atoms with Gasteiger partial charge in [-0.05, 0) is 37.2 Å². The van der Waals surface area contributed by atoms with Crippen LogP contribution >= 0.6 is 0 Å². The van der Waals surface area contributed by atoms with E-state index in [0.29, 0.717) is 13.1 Å². The van der Waals surface area contributed by atoms with Gasteiger partial charge < -0.3 is 9.80 Å². The van der Waals surface area contributed by atoms with Crippen molar-refractivity contribution >= 4 is 33.5 Å². The summed E-state index contributed by atoms with van der Waals surface area (Å²) < 4.78 is 0. The van der Waals surface area contributed by atoms with Crippen molar-refractivity contribution in [1.29, 1.82) is 0 Å². The third kappa shape index (κ3) is 3.92. The van der Waals surface area contributed by atoms with Gasteiger partial charge >= 0.3 is 0 Å². The van der Waals surface area contributed by atoms with E-state index in [1.54, 1.807) is 0 Å². The largest absolute Gasteiger partial charge is 0.353 e. The zero-order valence-corrected chi connectivity index (χ0v) is 20.5. The van der Waals surface area contributed by atoms with Gasteiger partial charge in [0.25, 0.3) is 5.91 Å². The molecule has 2 aromatic carbocycles. The number of likely N-dealkylation sites (N-methyl/N-ethyl adjacent to an activating group) is 1. The Bertz CT molecular complexity index is 1420. The zero-order valence-electron chi connectivity index (χ0n) is 20.5. The van der Waals surface area contributed by atoms with Gasteiger partial charge in [0.1, 0.15) is 5.82 Å². The summed E-state index contributed by atoms with van der Waals surface area (Å²) in [6, 6.07) is 18.6. The van der Waals surface area contributed by atoms with Crippen LogP contribution in [0.15, 0.2) is 54.6 Å². The van der Waals surface area contributed by atoms with Crippen molar-refractivity contribution in [3.63, 3.8) is 0 Å². The Morgan fingerprint density at radius 3 is 2.31 bits per heavy atom. The van der Waals surface area contributed by atoms with Gasteiger partial charge in [-0.2, -0.15) is 0 Å². The van der Waals surface area contributed by atoms with Gasteiger partial charge in [-0.1, -0.05) is 43.3 Å². The Kier molecular flexibility index (Phi) is 5.61. The molecule has 178 valence electrons. The fourth-order valence-corrected chi connectivity index (χ4v) is 5.55. The van der Waals surface area contributed by atoms with Gasteiger partial charge in [-0.15, -0.1) is 0 Å². The van der Waals surface area contributed by atoms with Crippen LogP contribution in [0.2, 0.25) is 0 Å². The molecule has 1 amide bonds. The number of fused-ring (bicyclic) bond motifs is 3. The molecular weight excluding hydrogens is 434 g/mol. The van der Waals surface area contributed by atoms with Crippen LogP contribution in [0, 0.1) is 6.92 Å². The summed E-state index contributed by atoms with van der Waals surface area (Å²) in [4.78, 5) is 30.6. The first kappa shape index (κ1) is 22.0. The lowest BCUT2D eigenvalue weighted by Gasteiger charge is -2.37. The zero-order chi connectivity index (χ0) is 23.9. The van der Waals surface area contributed by atoms with Crippen LogP contribution in [0.25, 0.3) is 21.8 Å². The molecule has 6 nitrogen and oxygen atoms in total. The van der Waals surface area contributed by atoms with Crippen molar-refractivity contribution < 1.29 is 4.79 Å². The number of hydrogen-bond donors (Lipinski definition) is 0. The topological polar surface area (TPSA) is 52.6 Å². The number of carbonyl (C=O) groups is 1. The fourth-order valence-electron chi connectivity index (χ4n) is 5.55. The summed E-state index contributed by atoms with van der Waals surface area (Å²) in [7, 11) is 0. The van der Waals surface area contributed by atoms with E-state index in [-0.39, 0.29) is 5.91 Å². The second-order valence-electron chi connectivity index (χ2n) is 9.64. The highest BCUT2D eigenvalue weighted by atomic mass is 16.2. The van der Waals surface area contributed by atoms with Crippen LogP contribution in [-0.2, 0) is 13.0 Å². The number of nitrogens with zero attached hydrogens (tertiary/aromatic N) is 5. The molecule has 0 saturated carbocycles. The number of amides is 1. The third-order valence-corrected chi connectivity index (χ3v) is 7.59. The van der Waals surface area contributed by atoms with Crippen LogP contribution in [0.3, 0.4) is 0 Å². The fraction of sp³-hybridized carbons (Fsp3) is 0.345. The normalized spacial score (nSPS) is 16.6. The number of para-hydroxylation sites is 2. The van der Waals surface area contributed by atoms with Gasteiger partial charge in [-0.25, -0.2) is 4.98 Å². The molecule has 0 unspecified atom stereocenters. The Balaban J connectivity index is 1.29. The molecule has 4 heterocycles. The highest BCUT2D eigenvalue weighted by Gasteiger charge is 2.30. The van der Waals surface area contributed by atoms with E-state index in [9.17, 15) is 4.79 Å². The second-order valence-corrected chi connectivity index (χ2v) is 9.64. The monoisotopic (exact) mass is 465 g/mol. The molecule has 2 aromatic heterocycles. The smallest absolute Gasteiger partial charge is 0.255 e. The minimum atomic E-state index is 0.139. The highest BCUT2D eigenvalue weighted by Crippen LogP contribution is 2.30. The molecule has 4 aromatic rings. The maximum absolute atomic E-state index is 14.0. The number of aromatic nitrogens is 2. The van der Waals surface area contributed by atoms with Crippen molar-refractivity contribution in [2.24, 2.45) is 0 Å². The third-order valence-electron chi connectivity index (χ3n) is 7.59. The predicted octanol–water partition coefficient (Wildman–Crippen LogP) is 4.43. The maximum Gasteiger partial charge on any atom is 0.255 e. The van der Waals surface area contributed by atoms with E-state index < -0.39 is 0 Å². The lowest BCUT2D eigenvalue weighted by Crippen LogP contribution is -2.49. The second kappa shape index (κ2) is 8.93. The lowest BCUT2D eigenvalue weighted by molar-refractivity contribution is 0.0745. The van der Waals surface area contributed by atoms with Crippen molar-refractivity contribution in [3.05, 3.63) is 77.0 Å². The van der Waals surface area contributed by atoms with Gasteiger partial charge in [0.15, 0.2) is 0 Å². The molecule has 0 atom stereocenters. The minimum absolute atomic E-state index is 0.139. The summed E-state index contributed by atoms with van der Waals surface area (Å²) in [5, 5.41) is 2.17. The number of hydrogen-bond acceptors (Lipinski definition) is 5. The molecule has 0 N–H and O–H groups in total. The van der Waals surface area contributed by atoms with E-state index in [0.717, 1.165) is 78.2 Å². The average molecular weight is 466 g/mol.